The van der Waals surface area contributed by atoms with Gasteiger partial charge in [-0.25, -0.2) is 0 Å². The topological polar surface area (TPSA) is 71.3 Å². The minimum absolute atomic E-state index is 0.134. The summed E-state index contributed by atoms with van der Waals surface area (Å²) in [6.45, 7) is 4.58. The third-order valence-electron chi connectivity index (χ3n) is 6.05. The van der Waals surface area contributed by atoms with E-state index in [9.17, 15) is 9.59 Å². The van der Waals surface area contributed by atoms with E-state index < -0.39 is 0 Å². The summed E-state index contributed by atoms with van der Waals surface area (Å²) in [5.41, 5.74) is 1.83. The molecule has 0 spiro atoms. The maximum atomic E-state index is 13.0. The van der Waals surface area contributed by atoms with Crippen molar-refractivity contribution in [2.24, 2.45) is 0 Å². The molecule has 32 heavy (non-hydrogen) atoms. The minimum Gasteiger partial charge on any atom is -0.352 e. The number of likely N-dealkylation sites (tertiary alicyclic amines) is 1. The van der Waals surface area contributed by atoms with Crippen LogP contribution in [0.15, 0.2) is 47.3 Å². The number of piperidine rings is 1. The fourth-order valence-electron chi connectivity index (χ4n) is 4.26. The van der Waals surface area contributed by atoms with Crippen molar-refractivity contribution in [1.29, 1.82) is 0 Å². The molecule has 1 aliphatic rings. The summed E-state index contributed by atoms with van der Waals surface area (Å²) in [7, 11) is 0. The summed E-state index contributed by atoms with van der Waals surface area (Å²) in [4.78, 5) is 30.3. The highest BCUT2D eigenvalue weighted by molar-refractivity contribution is 7.71. The van der Waals surface area contributed by atoms with Crippen LogP contribution in [0.5, 0.6) is 0 Å². The Morgan fingerprint density at radius 3 is 2.62 bits per heavy atom. The van der Waals surface area contributed by atoms with E-state index >= 15 is 0 Å². The van der Waals surface area contributed by atoms with Crippen LogP contribution in [0.1, 0.15) is 41.6 Å². The van der Waals surface area contributed by atoms with Gasteiger partial charge in [-0.2, -0.15) is 0 Å². The Morgan fingerprint density at radius 1 is 1.12 bits per heavy atom. The average Bonchev–Trinajstić information content (AvgIpc) is 2.81. The number of aromatic amines is 1. The van der Waals surface area contributed by atoms with Crippen molar-refractivity contribution >= 4 is 40.6 Å². The summed E-state index contributed by atoms with van der Waals surface area (Å²) in [6, 6.07) is 12.4. The smallest absolute Gasteiger partial charge is 0.262 e. The van der Waals surface area contributed by atoms with E-state index in [0.717, 1.165) is 18.5 Å². The summed E-state index contributed by atoms with van der Waals surface area (Å²) in [5.74, 6) is -0.134. The zero-order valence-electron chi connectivity index (χ0n) is 18.0. The van der Waals surface area contributed by atoms with Gasteiger partial charge in [0.25, 0.3) is 11.5 Å². The maximum absolute atomic E-state index is 13.0. The Kier molecular flexibility index (Phi) is 7.40. The molecule has 0 saturated carbocycles. The van der Waals surface area contributed by atoms with E-state index in [1.54, 1.807) is 35.2 Å². The zero-order chi connectivity index (χ0) is 22.5. The van der Waals surface area contributed by atoms with E-state index in [-0.39, 0.29) is 11.5 Å². The van der Waals surface area contributed by atoms with Gasteiger partial charge in [-0.3, -0.25) is 14.2 Å². The van der Waals surface area contributed by atoms with Crippen LogP contribution in [0.4, 0.5) is 0 Å². The molecule has 6 nitrogen and oxygen atoms in total. The first-order valence-electron chi connectivity index (χ1n) is 11.1. The first-order valence-corrected chi connectivity index (χ1v) is 11.9. The highest BCUT2D eigenvalue weighted by atomic mass is 35.5. The van der Waals surface area contributed by atoms with Crippen LogP contribution in [-0.4, -0.2) is 41.6 Å². The van der Waals surface area contributed by atoms with E-state index in [1.807, 2.05) is 12.1 Å². The van der Waals surface area contributed by atoms with Crippen molar-refractivity contribution in [1.82, 2.24) is 14.9 Å². The molecule has 1 saturated heterocycles. The van der Waals surface area contributed by atoms with Gasteiger partial charge in [0.05, 0.1) is 37.1 Å². The Bertz CT molecular complexity index is 1210. The molecule has 1 fully saturated rings. The largest absolute Gasteiger partial charge is 0.352 e. The van der Waals surface area contributed by atoms with Gasteiger partial charge in [-0.15, -0.1) is 0 Å². The van der Waals surface area contributed by atoms with Gasteiger partial charge in [0.2, 0.25) is 0 Å². The SMILES string of the molecule is O=C(NCCC[NH+]1CCCCC1)c1ccc2c(=O)n(Cc3ccc(Cl)cc3)c(=S)[nH]c2c1. The summed E-state index contributed by atoms with van der Waals surface area (Å²) in [6.07, 6.45) is 4.92. The second-order valence-corrected chi connectivity index (χ2v) is 9.20. The number of nitrogens with one attached hydrogen (secondary N) is 3. The van der Waals surface area contributed by atoms with Gasteiger partial charge < -0.3 is 15.2 Å². The standard InChI is InChI=1S/C24H27ClN4O2S/c25-19-8-5-17(6-9-19)16-29-23(31)20-10-7-18(15-21(20)27-24(29)32)22(30)26-11-4-14-28-12-2-1-3-13-28/h5-10,15H,1-4,11-14,16H2,(H,26,30)(H,27,32)/p+1. The first kappa shape index (κ1) is 22.7. The van der Waals surface area contributed by atoms with Gasteiger partial charge in [-0.05, 0) is 67.4 Å². The van der Waals surface area contributed by atoms with Crippen LogP contribution in [0.25, 0.3) is 10.9 Å². The monoisotopic (exact) mass is 471 g/mol. The molecule has 3 N–H and O–H groups in total. The molecule has 0 unspecified atom stereocenters. The number of nitrogens with zero attached hydrogens (tertiary/aromatic N) is 1. The van der Waals surface area contributed by atoms with Crippen molar-refractivity contribution in [3.63, 3.8) is 0 Å². The number of benzene rings is 2. The van der Waals surface area contributed by atoms with Crippen LogP contribution in [-0.2, 0) is 6.54 Å². The second-order valence-electron chi connectivity index (χ2n) is 8.38. The number of hydrogen-bond acceptors (Lipinski definition) is 3. The normalized spacial score (nSPS) is 14.5. The van der Waals surface area contributed by atoms with Crippen LogP contribution < -0.4 is 15.8 Å². The fourth-order valence-corrected chi connectivity index (χ4v) is 4.64. The Labute approximate surface area is 197 Å². The number of carbonyl (C=O) groups is 1. The average molecular weight is 472 g/mol. The van der Waals surface area contributed by atoms with Crippen molar-refractivity contribution in [3.8, 4) is 0 Å². The molecule has 8 heteroatoms. The summed E-state index contributed by atoms with van der Waals surface area (Å²) < 4.78 is 1.84. The molecule has 2 aromatic carbocycles. The van der Waals surface area contributed by atoms with E-state index in [2.05, 4.69) is 10.3 Å². The number of amides is 1. The highest BCUT2D eigenvalue weighted by Gasteiger charge is 2.14. The Balaban J connectivity index is 1.44. The molecule has 0 radical (unpaired) electrons. The van der Waals surface area contributed by atoms with Crippen molar-refractivity contribution in [2.75, 3.05) is 26.2 Å². The lowest BCUT2D eigenvalue weighted by Crippen LogP contribution is -3.12. The van der Waals surface area contributed by atoms with Crippen molar-refractivity contribution in [3.05, 3.63) is 73.7 Å². The molecule has 2 heterocycles. The lowest BCUT2D eigenvalue weighted by atomic mass is 10.1. The number of H-pyrrole nitrogens is 1. The van der Waals surface area contributed by atoms with Crippen molar-refractivity contribution < 1.29 is 9.69 Å². The van der Waals surface area contributed by atoms with Crippen LogP contribution in [0.3, 0.4) is 0 Å². The third kappa shape index (κ3) is 5.46. The van der Waals surface area contributed by atoms with Gasteiger partial charge >= 0.3 is 0 Å². The maximum Gasteiger partial charge on any atom is 0.262 e. The zero-order valence-corrected chi connectivity index (χ0v) is 19.5. The molecule has 1 aliphatic heterocycles. The molecular weight excluding hydrogens is 444 g/mol. The molecule has 0 bridgehead atoms. The lowest BCUT2D eigenvalue weighted by Gasteiger charge is -2.23. The molecule has 4 rings (SSSR count). The fraction of sp³-hybridized carbons (Fsp3) is 0.375. The van der Waals surface area contributed by atoms with E-state index in [4.69, 9.17) is 23.8 Å². The minimum atomic E-state index is -0.185. The summed E-state index contributed by atoms with van der Waals surface area (Å²) >= 11 is 11.4. The lowest BCUT2D eigenvalue weighted by molar-refractivity contribution is -0.904. The van der Waals surface area contributed by atoms with Crippen LogP contribution >= 0.6 is 23.8 Å². The predicted octanol–water partition coefficient (Wildman–Crippen LogP) is 2.95. The Hall–Kier alpha value is -2.48. The molecular formula is C24H28ClN4O2S+. The predicted molar refractivity (Wildman–Crippen MR) is 130 cm³/mol. The summed E-state index contributed by atoms with van der Waals surface area (Å²) in [5, 5.41) is 4.13. The Morgan fingerprint density at radius 2 is 1.88 bits per heavy atom. The van der Waals surface area contributed by atoms with Gasteiger partial charge in [0.1, 0.15) is 0 Å². The number of quaternary nitrogens is 1. The number of halogens is 1. The molecule has 1 aromatic heterocycles. The third-order valence-corrected chi connectivity index (χ3v) is 6.63. The first-order chi connectivity index (χ1) is 15.5. The highest BCUT2D eigenvalue weighted by Crippen LogP contribution is 2.13. The van der Waals surface area contributed by atoms with Gasteiger partial charge in [0, 0.05) is 23.6 Å². The van der Waals surface area contributed by atoms with E-state index in [1.165, 1.54) is 36.9 Å². The number of carbonyl (C=O) groups excluding carboxylic acids is 1. The number of fused-ring (bicyclic) bond motifs is 1. The number of aromatic nitrogens is 2. The number of hydrogen-bond donors (Lipinski definition) is 3. The van der Waals surface area contributed by atoms with Crippen LogP contribution in [0.2, 0.25) is 5.02 Å². The molecule has 0 atom stereocenters. The molecule has 1 amide bonds. The number of rotatable bonds is 7. The quantitative estimate of drug-likeness (QED) is 0.366. The van der Waals surface area contributed by atoms with Crippen LogP contribution in [0, 0.1) is 4.77 Å². The van der Waals surface area contributed by atoms with Crippen molar-refractivity contribution in [2.45, 2.75) is 32.2 Å². The second kappa shape index (κ2) is 10.4. The van der Waals surface area contributed by atoms with Gasteiger partial charge in [0.15, 0.2) is 4.77 Å². The van der Waals surface area contributed by atoms with Gasteiger partial charge in [-0.1, -0.05) is 23.7 Å². The van der Waals surface area contributed by atoms with E-state index in [0.29, 0.717) is 39.3 Å². The molecule has 168 valence electrons. The molecule has 3 aromatic rings. The molecule has 0 aliphatic carbocycles.